The van der Waals surface area contributed by atoms with E-state index in [4.69, 9.17) is 0 Å². The second-order valence-corrected chi connectivity index (χ2v) is 8.19. The standard InChI is InChI=1S/C24H30F2/c1-17-3-6-19(7-4-17)8-9-20-10-12-22(24(26)16-20)14-13-21-11-5-18(2)15-23(21)25/h5,10-12,15-17,19H,3-4,6-9,13-14H2,1-2H3. The lowest BCUT2D eigenvalue weighted by Gasteiger charge is -2.26. The fourth-order valence-corrected chi connectivity index (χ4v) is 4.06. The van der Waals surface area contributed by atoms with Crippen LogP contribution in [0.4, 0.5) is 8.78 Å². The zero-order chi connectivity index (χ0) is 18.5. The maximum Gasteiger partial charge on any atom is 0.126 e. The zero-order valence-electron chi connectivity index (χ0n) is 16.0. The Bertz CT molecular complexity index is 727. The summed E-state index contributed by atoms with van der Waals surface area (Å²) < 4.78 is 28.4. The van der Waals surface area contributed by atoms with Crippen molar-refractivity contribution in [2.24, 2.45) is 11.8 Å². The Labute approximate surface area is 156 Å². The average molecular weight is 356 g/mol. The molecular weight excluding hydrogens is 326 g/mol. The van der Waals surface area contributed by atoms with Gasteiger partial charge in [-0.2, -0.15) is 0 Å². The average Bonchev–Trinajstić information content (AvgIpc) is 2.62. The van der Waals surface area contributed by atoms with Crippen LogP contribution >= 0.6 is 0 Å². The van der Waals surface area contributed by atoms with E-state index in [0.29, 0.717) is 24.0 Å². The maximum atomic E-state index is 14.4. The first-order valence-electron chi connectivity index (χ1n) is 10.0. The number of rotatable bonds is 6. The zero-order valence-corrected chi connectivity index (χ0v) is 16.0. The van der Waals surface area contributed by atoms with Gasteiger partial charge in [-0.1, -0.05) is 56.9 Å². The van der Waals surface area contributed by atoms with Crippen LogP contribution in [0.2, 0.25) is 0 Å². The van der Waals surface area contributed by atoms with E-state index < -0.39 is 0 Å². The van der Waals surface area contributed by atoms with Gasteiger partial charge < -0.3 is 0 Å². The van der Waals surface area contributed by atoms with Crippen LogP contribution in [-0.4, -0.2) is 0 Å². The van der Waals surface area contributed by atoms with Gasteiger partial charge in [-0.15, -0.1) is 0 Å². The van der Waals surface area contributed by atoms with Crippen molar-refractivity contribution in [2.45, 2.75) is 65.2 Å². The second-order valence-electron chi connectivity index (χ2n) is 8.19. The lowest BCUT2D eigenvalue weighted by molar-refractivity contribution is 0.277. The third-order valence-corrected chi connectivity index (χ3v) is 5.97. The number of benzene rings is 2. The minimum atomic E-state index is -0.191. The lowest BCUT2D eigenvalue weighted by atomic mass is 9.80. The molecule has 3 rings (SSSR count). The van der Waals surface area contributed by atoms with E-state index in [9.17, 15) is 8.78 Å². The Hall–Kier alpha value is -1.70. The van der Waals surface area contributed by atoms with E-state index >= 15 is 0 Å². The molecule has 1 aliphatic rings. The summed E-state index contributed by atoms with van der Waals surface area (Å²) in [5, 5.41) is 0. The van der Waals surface area contributed by atoms with Crippen molar-refractivity contribution in [2.75, 3.05) is 0 Å². The molecule has 1 aliphatic carbocycles. The van der Waals surface area contributed by atoms with E-state index in [-0.39, 0.29) is 11.6 Å². The minimum Gasteiger partial charge on any atom is -0.207 e. The first-order valence-corrected chi connectivity index (χ1v) is 10.0. The summed E-state index contributed by atoms with van der Waals surface area (Å²) in [5.74, 6) is 1.34. The van der Waals surface area contributed by atoms with Crippen LogP contribution in [0.3, 0.4) is 0 Å². The summed E-state index contributed by atoms with van der Waals surface area (Å²) in [7, 11) is 0. The molecule has 0 bridgehead atoms. The van der Waals surface area contributed by atoms with Gasteiger partial charge in [0.25, 0.3) is 0 Å². The lowest BCUT2D eigenvalue weighted by Crippen LogP contribution is -2.13. The van der Waals surface area contributed by atoms with E-state index in [1.807, 2.05) is 25.1 Å². The highest BCUT2D eigenvalue weighted by atomic mass is 19.1. The smallest absolute Gasteiger partial charge is 0.126 e. The van der Waals surface area contributed by atoms with Crippen LogP contribution in [0, 0.1) is 30.4 Å². The van der Waals surface area contributed by atoms with E-state index in [2.05, 4.69) is 13.0 Å². The first kappa shape index (κ1) is 19.1. The summed E-state index contributed by atoms with van der Waals surface area (Å²) in [6.45, 7) is 4.21. The molecule has 2 heteroatoms. The molecule has 0 unspecified atom stereocenters. The first-order chi connectivity index (χ1) is 12.5. The van der Waals surface area contributed by atoms with Crippen molar-refractivity contribution in [3.63, 3.8) is 0 Å². The Morgan fingerprint density at radius 2 is 1.42 bits per heavy atom. The van der Waals surface area contributed by atoms with Crippen LogP contribution < -0.4 is 0 Å². The van der Waals surface area contributed by atoms with Crippen molar-refractivity contribution in [3.05, 3.63) is 70.3 Å². The van der Waals surface area contributed by atoms with Crippen molar-refractivity contribution >= 4 is 0 Å². The Morgan fingerprint density at radius 1 is 0.808 bits per heavy atom. The summed E-state index contributed by atoms with van der Waals surface area (Å²) in [4.78, 5) is 0. The normalized spacial score (nSPS) is 20.3. The molecule has 0 saturated heterocycles. The fourth-order valence-electron chi connectivity index (χ4n) is 4.06. The van der Waals surface area contributed by atoms with Crippen molar-refractivity contribution < 1.29 is 8.78 Å². The van der Waals surface area contributed by atoms with Gasteiger partial charge in [0.05, 0.1) is 0 Å². The van der Waals surface area contributed by atoms with E-state index in [1.54, 1.807) is 12.1 Å². The molecule has 0 spiro atoms. The van der Waals surface area contributed by atoms with Gasteiger partial charge in [0, 0.05) is 0 Å². The number of aryl methyl sites for hydroxylation is 4. The predicted molar refractivity (Wildman–Crippen MR) is 104 cm³/mol. The highest BCUT2D eigenvalue weighted by molar-refractivity contribution is 5.28. The molecule has 2 aromatic rings. The predicted octanol–water partition coefficient (Wildman–Crippen LogP) is 6.82. The Balaban J connectivity index is 1.53. The summed E-state index contributed by atoms with van der Waals surface area (Å²) >= 11 is 0. The van der Waals surface area contributed by atoms with Crippen molar-refractivity contribution in [3.8, 4) is 0 Å². The monoisotopic (exact) mass is 356 g/mol. The molecule has 26 heavy (non-hydrogen) atoms. The van der Waals surface area contributed by atoms with Crippen LogP contribution in [-0.2, 0) is 19.3 Å². The molecule has 0 aliphatic heterocycles. The van der Waals surface area contributed by atoms with Crippen LogP contribution in [0.25, 0.3) is 0 Å². The molecule has 0 nitrogen and oxygen atoms in total. The molecule has 2 aromatic carbocycles. The number of hydrogen-bond donors (Lipinski definition) is 0. The van der Waals surface area contributed by atoms with Gasteiger partial charge in [0.15, 0.2) is 0 Å². The second kappa shape index (κ2) is 8.79. The number of halogens is 2. The Morgan fingerprint density at radius 3 is 2.04 bits per heavy atom. The topological polar surface area (TPSA) is 0 Å². The highest BCUT2D eigenvalue weighted by Crippen LogP contribution is 2.31. The third-order valence-electron chi connectivity index (χ3n) is 5.97. The summed E-state index contributed by atoms with van der Waals surface area (Å²) in [5.41, 5.74) is 3.34. The van der Waals surface area contributed by atoms with Gasteiger partial charge >= 0.3 is 0 Å². The maximum absolute atomic E-state index is 14.4. The van der Waals surface area contributed by atoms with Crippen LogP contribution in [0.1, 0.15) is 61.3 Å². The molecule has 0 radical (unpaired) electrons. The molecule has 140 valence electrons. The highest BCUT2D eigenvalue weighted by Gasteiger charge is 2.18. The summed E-state index contributed by atoms with van der Waals surface area (Å²) in [6, 6.07) is 10.9. The largest absolute Gasteiger partial charge is 0.207 e. The van der Waals surface area contributed by atoms with Crippen molar-refractivity contribution in [1.82, 2.24) is 0 Å². The van der Waals surface area contributed by atoms with Gasteiger partial charge in [-0.05, 0) is 78.8 Å². The SMILES string of the molecule is Cc1ccc(CCc2ccc(CCC3CCC(C)CC3)cc2F)c(F)c1. The van der Waals surface area contributed by atoms with Gasteiger partial charge in [0.2, 0.25) is 0 Å². The van der Waals surface area contributed by atoms with Crippen LogP contribution in [0.15, 0.2) is 36.4 Å². The molecular formula is C24H30F2. The fraction of sp³-hybridized carbons (Fsp3) is 0.500. The quantitative estimate of drug-likeness (QED) is 0.533. The van der Waals surface area contributed by atoms with E-state index in [0.717, 1.165) is 29.4 Å². The van der Waals surface area contributed by atoms with E-state index in [1.165, 1.54) is 32.1 Å². The molecule has 0 heterocycles. The molecule has 1 saturated carbocycles. The summed E-state index contributed by atoms with van der Waals surface area (Å²) in [6.07, 6.45) is 8.52. The molecule has 0 amide bonds. The molecule has 0 aromatic heterocycles. The molecule has 0 N–H and O–H groups in total. The van der Waals surface area contributed by atoms with Crippen molar-refractivity contribution in [1.29, 1.82) is 0 Å². The molecule has 1 fully saturated rings. The molecule has 0 atom stereocenters. The number of hydrogen-bond acceptors (Lipinski definition) is 0. The van der Waals surface area contributed by atoms with Crippen LogP contribution in [0.5, 0.6) is 0 Å². The van der Waals surface area contributed by atoms with Gasteiger partial charge in [0.1, 0.15) is 11.6 Å². The van der Waals surface area contributed by atoms with Gasteiger partial charge in [-0.3, -0.25) is 0 Å². The third kappa shape index (κ3) is 5.16. The van der Waals surface area contributed by atoms with Gasteiger partial charge in [-0.25, -0.2) is 8.78 Å². The Kier molecular flexibility index (Phi) is 6.45. The minimum absolute atomic E-state index is 0.146.